The van der Waals surface area contributed by atoms with E-state index < -0.39 is 0 Å². The first-order valence-corrected chi connectivity index (χ1v) is 9.48. The Balaban J connectivity index is 1.85. The van der Waals surface area contributed by atoms with Gasteiger partial charge < -0.3 is 4.74 Å². The van der Waals surface area contributed by atoms with Crippen molar-refractivity contribution in [3.05, 3.63) is 65.2 Å². The molecule has 1 nitrogen and oxygen atoms in total. The topological polar surface area (TPSA) is 9.23 Å². The van der Waals surface area contributed by atoms with Gasteiger partial charge in [-0.25, -0.2) is 0 Å². The molecule has 26 heavy (non-hydrogen) atoms. The molecule has 1 heteroatoms. The van der Waals surface area contributed by atoms with Gasteiger partial charge in [-0.05, 0) is 56.0 Å². The van der Waals surface area contributed by atoms with Crippen molar-refractivity contribution in [3.8, 4) is 16.9 Å². The molecule has 0 saturated heterocycles. The lowest BCUT2D eigenvalue weighted by Crippen LogP contribution is -2.13. The van der Waals surface area contributed by atoms with E-state index in [0.29, 0.717) is 6.61 Å². The van der Waals surface area contributed by atoms with E-state index in [1.54, 1.807) is 0 Å². The average molecular weight is 344 g/mol. The van der Waals surface area contributed by atoms with E-state index >= 15 is 0 Å². The summed E-state index contributed by atoms with van der Waals surface area (Å²) in [5, 5.41) is 2.53. The molecule has 0 radical (unpaired) electrons. The SMILES string of the molecule is CC(C)(C)c1ccc2c(c1)COc1cc3cc(C(C)(C)C)ccc3cc1-2. The minimum atomic E-state index is 0.154. The second kappa shape index (κ2) is 5.61. The first kappa shape index (κ1) is 17.1. The zero-order valence-electron chi connectivity index (χ0n) is 16.7. The third-order valence-corrected chi connectivity index (χ3v) is 5.45. The van der Waals surface area contributed by atoms with Crippen LogP contribution in [0.25, 0.3) is 21.9 Å². The molecule has 0 bridgehead atoms. The molecule has 0 fully saturated rings. The standard InChI is InChI=1S/C25H28O/c1-24(2,3)19-8-7-16-13-22-21-10-9-20(25(4,5)6)12-18(21)15-26-23(22)14-17(16)11-19/h7-14H,15H2,1-6H3. The van der Waals surface area contributed by atoms with Crippen molar-refractivity contribution in [2.45, 2.75) is 59.0 Å². The average Bonchev–Trinajstić information content (AvgIpc) is 2.57. The zero-order chi connectivity index (χ0) is 18.7. The summed E-state index contributed by atoms with van der Waals surface area (Å²) in [6.45, 7) is 14.2. The van der Waals surface area contributed by atoms with Crippen LogP contribution < -0.4 is 4.74 Å². The summed E-state index contributed by atoms with van der Waals surface area (Å²) < 4.78 is 6.15. The molecule has 0 atom stereocenters. The highest BCUT2D eigenvalue weighted by Crippen LogP contribution is 2.42. The van der Waals surface area contributed by atoms with Gasteiger partial charge in [0.1, 0.15) is 12.4 Å². The van der Waals surface area contributed by atoms with Crippen molar-refractivity contribution >= 4 is 10.8 Å². The van der Waals surface area contributed by atoms with Gasteiger partial charge in [0.25, 0.3) is 0 Å². The summed E-state index contributed by atoms with van der Waals surface area (Å²) in [4.78, 5) is 0. The van der Waals surface area contributed by atoms with Gasteiger partial charge in [0.15, 0.2) is 0 Å². The highest BCUT2D eigenvalue weighted by molar-refractivity contribution is 5.92. The van der Waals surface area contributed by atoms with Crippen molar-refractivity contribution < 1.29 is 4.74 Å². The highest BCUT2D eigenvalue weighted by Gasteiger charge is 2.22. The lowest BCUT2D eigenvalue weighted by molar-refractivity contribution is 0.302. The van der Waals surface area contributed by atoms with E-state index in [9.17, 15) is 0 Å². The van der Waals surface area contributed by atoms with E-state index in [2.05, 4.69) is 90.1 Å². The van der Waals surface area contributed by atoms with Crippen LogP contribution in [0.15, 0.2) is 48.5 Å². The summed E-state index contributed by atoms with van der Waals surface area (Å²) in [5.41, 5.74) is 6.83. The van der Waals surface area contributed by atoms with Crippen LogP contribution in [0.5, 0.6) is 5.75 Å². The van der Waals surface area contributed by atoms with Gasteiger partial charge in [-0.1, -0.05) is 77.9 Å². The van der Waals surface area contributed by atoms with E-state index in [1.165, 1.54) is 38.6 Å². The Hall–Kier alpha value is -2.28. The molecular weight excluding hydrogens is 316 g/mol. The van der Waals surface area contributed by atoms with Gasteiger partial charge in [-0.15, -0.1) is 0 Å². The minimum absolute atomic E-state index is 0.154. The van der Waals surface area contributed by atoms with Crippen LogP contribution in [0, 0.1) is 0 Å². The monoisotopic (exact) mass is 344 g/mol. The Morgan fingerprint density at radius 1 is 0.654 bits per heavy atom. The quantitative estimate of drug-likeness (QED) is 0.427. The van der Waals surface area contributed by atoms with Crippen molar-refractivity contribution in [2.75, 3.05) is 0 Å². The van der Waals surface area contributed by atoms with Gasteiger partial charge in [0.05, 0.1) is 0 Å². The van der Waals surface area contributed by atoms with Crippen LogP contribution in [0.2, 0.25) is 0 Å². The summed E-state index contributed by atoms with van der Waals surface area (Å²) in [6, 6.07) is 18.1. The van der Waals surface area contributed by atoms with E-state index in [0.717, 1.165) is 5.75 Å². The fourth-order valence-electron chi connectivity index (χ4n) is 3.67. The van der Waals surface area contributed by atoms with Crippen molar-refractivity contribution in [2.24, 2.45) is 0 Å². The predicted octanol–water partition coefficient (Wildman–Crippen LogP) is 6.99. The van der Waals surface area contributed by atoms with Gasteiger partial charge in [0, 0.05) is 5.56 Å². The molecule has 1 heterocycles. The van der Waals surface area contributed by atoms with Crippen molar-refractivity contribution in [3.63, 3.8) is 0 Å². The van der Waals surface area contributed by atoms with E-state index in [-0.39, 0.29) is 10.8 Å². The smallest absolute Gasteiger partial charge is 0.128 e. The molecule has 3 aromatic rings. The van der Waals surface area contributed by atoms with E-state index in [1.807, 2.05) is 0 Å². The van der Waals surface area contributed by atoms with Gasteiger partial charge in [-0.3, -0.25) is 0 Å². The predicted molar refractivity (Wildman–Crippen MR) is 111 cm³/mol. The van der Waals surface area contributed by atoms with E-state index in [4.69, 9.17) is 4.74 Å². The second-order valence-corrected chi connectivity index (χ2v) is 9.57. The normalized spacial score (nSPS) is 13.9. The third kappa shape index (κ3) is 2.90. The number of ether oxygens (including phenoxy) is 1. The first-order chi connectivity index (χ1) is 12.1. The number of rotatable bonds is 0. The molecule has 0 saturated carbocycles. The molecule has 4 rings (SSSR count). The summed E-state index contributed by atoms with van der Waals surface area (Å²) in [5.74, 6) is 1.000. The molecule has 3 aromatic carbocycles. The molecule has 0 unspecified atom stereocenters. The maximum Gasteiger partial charge on any atom is 0.128 e. The first-order valence-electron chi connectivity index (χ1n) is 9.48. The van der Waals surface area contributed by atoms with Crippen LogP contribution in [-0.2, 0) is 17.4 Å². The molecule has 0 aromatic heterocycles. The lowest BCUT2D eigenvalue weighted by Gasteiger charge is -2.26. The zero-order valence-corrected chi connectivity index (χ0v) is 16.7. The number of hydrogen-bond acceptors (Lipinski definition) is 1. The fraction of sp³-hybridized carbons (Fsp3) is 0.360. The Morgan fingerprint density at radius 3 is 2.00 bits per heavy atom. The largest absolute Gasteiger partial charge is 0.488 e. The van der Waals surface area contributed by atoms with Gasteiger partial charge in [0.2, 0.25) is 0 Å². The molecular formula is C25H28O. The lowest BCUT2D eigenvalue weighted by atomic mass is 9.83. The van der Waals surface area contributed by atoms with Crippen LogP contribution in [0.4, 0.5) is 0 Å². The van der Waals surface area contributed by atoms with Gasteiger partial charge >= 0.3 is 0 Å². The molecule has 0 N–H and O–H groups in total. The fourth-order valence-corrected chi connectivity index (χ4v) is 3.67. The molecule has 0 aliphatic carbocycles. The molecule has 1 aliphatic heterocycles. The Labute approximate surface area is 157 Å². The molecule has 134 valence electrons. The number of fused-ring (bicyclic) bond motifs is 4. The second-order valence-electron chi connectivity index (χ2n) is 9.57. The molecule has 1 aliphatic rings. The maximum absolute atomic E-state index is 6.15. The van der Waals surface area contributed by atoms with Crippen LogP contribution >= 0.6 is 0 Å². The maximum atomic E-state index is 6.15. The minimum Gasteiger partial charge on any atom is -0.488 e. The third-order valence-electron chi connectivity index (χ3n) is 5.45. The highest BCUT2D eigenvalue weighted by atomic mass is 16.5. The Kier molecular flexibility index (Phi) is 3.70. The van der Waals surface area contributed by atoms with Gasteiger partial charge in [-0.2, -0.15) is 0 Å². The Bertz CT molecular complexity index is 997. The Morgan fingerprint density at radius 2 is 1.31 bits per heavy atom. The molecule has 0 amide bonds. The van der Waals surface area contributed by atoms with Crippen LogP contribution in [0.3, 0.4) is 0 Å². The van der Waals surface area contributed by atoms with Crippen molar-refractivity contribution in [1.82, 2.24) is 0 Å². The summed E-state index contributed by atoms with van der Waals surface area (Å²) in [6.07, 6.45) is 0. The van der Waals surface area contributed by atoms with Crippen LogP contribution in [0.1, 0.15) is 58.2 Å². The van der Waals surface area contributed by atoms with Crippen LogP contribution in [-0.4, -0.2) is 0 Å². The number of hydrogen-bond donors (Lipinski definition) is 0. The number of benzene rings is 3. The summed E-state index contributed by atoms with van der Waals surface area (Å²) in [7, 11) is 0. The molecule has 0 spiro atoms. The summed E-state index contributed by atoms with van der Waals surface area (Å²) >= 11 is 0. The van der Waals surface area contributed by atoms with Crippen molar-refractivity contribution in [1.29, 1.82) is 0 Å².